The minimum Gasteiger partial charge on any atom is -0.478 e. The zero-order valence-electron chi connectivity index (χ0n) is 12.7. The van der Waals surface area contributed by atoms with Gasteiger partial charge < -0.3 is 19.6 Å². The monoisotopic (exact) mass is 339 g/mol. The van der Waals surface area contributed by atoms with Gasteiger partial charge in [-0.1, -0.05) is 18.2 Å². The average molecular weight is 339 g/mol. The third-order valence-corrected chi connectivity index (χ3v) is 3.20. The van der Waals surface area contributed by atoms with Gasteiger partial charge in [0.1, 0.15) is 22.8 Å². The molecule has 0 saturated carbocycles. The quantitative estimate of drug-likeness (QED) is 0.810. The van der Waals surface area contributed by atoms with E-state index < -0.39 is 18.5 Å². The van der Waals surface area contributed by atoms with Gasteiger partial charge in [-0.05, 0) is 19.1 Å². The standard InChI is InChI=1S/C16H15F2NO5/c1-9-12(15(21)22)7-11(23-9)8-19-14(20)6-10-4-2-3-5-13(10)24-16(17)18/h2-5,7,16H,6,8H2,1H3,(H,19,20)(H,21,22). The Balaban J connectivity index is 1.97. The molecular weight excluding hydrogens is 324 g/mol. The summed E-state index contributed by atoms with van der Waals surface area (Å²) in [4.78, 5) is 22.9. The molecule has 24 heavy (non-hydrogen) atoms. The van der Waals surface area contributed by atoms with Crippen molar-refractivity contribution in [1.29, 1.82) is 0 Å². The summed E-state index contributed by atoms with van der Waals surface area (Å²) in [6, 6.07) is 7.32. The molecule has 1 aromatic heterocycles. The molecule has 0 saturated heterocycles. The maximum absolute atomic E-state index is 12.3. The first-order chi connectivity index (χ1) is 11.4. The van der Waals surface area contributed by atoms with Gasteiger partial charge in [-0.3, -0.25) is 4.79 Å². The van der Waals surface area contributed by atoms with E-state index in [9.17, 15) is 18.4 Å². The molecule has 0 aliphatic carbocycles. The number of carbonyl (C=O) groups excluding carboxylic acids is 1. The first-order valence-corrected chi connectivity index (χ1v) is 6.99. The van der Waals surface area contributed by atoms with Crippen molar-refractivity contribution in [2.75, 3.05) is 0 Å². The lowest BCUT2D eigenvalue weighted by Crippen LogP contribution is -2.24. The van der Waals surface area contributed by atoms with Crippen LogP contribution in [0.2, 0.25) is 0 Å². The van der Waals surface area contributed by atoms with E-state index in [0.29, 0.717) is 5.56 Å². The van der Waals surface area contributed by atoms with Crippen molar-refractivity contribution in [3.05, 3.63) is 53.0 Å². The Hall–Kier alpha value is -2.90. The summed E-state index contributed by atoms with van der Waals surface area (Å²) < 4.78 is 34.2. The van der Waals surface area contributed by atoms with Crippen LogP contribution in [-0.4, -0.2) is 23.6 Å². The lowest BCUT2D eigenvalue weighted by molar-refractivity contribution is -0.120. The molecule has 2 aromatic rings. The maximum Gasteiger partial charge on any atom is 0.387 e. The van der Waals surface area contributed by atoms with Gasteiger partial charge in [-0.2, -0.15) is 8.78 Å². The molecule has 2 rings (SSSR count). The predicted molar refractivity (Wildman–Crippen MR) is 79.0 cm³/mol. The Bertz CT molecular complexity index is 742. The van der Waals surface area contributed by atoms with Crippen LogP contribution in [0.25, 0.3) is 0 Å². The molecule has 0 bridgehead atoms. The molecule has 0 aliphatic rings. The molecule has 0 spiro atoms. The summed E-state index contributed by atoms with van der Waals surface area (Å²) in [5.41, 5.74) is 0.340. The number of carbonyl (C=O) groups is 2. The van der Waals surface area contributed by atoms with Crippen LogP contribution in [-0.2, 0) is 17.8 Å². The van der Waals surface area contributed by atoms with Crippen molar-refractivity contribution in [2.45, 2.75) is 26.5 Å². The fraction of sp³-hybridized carbons (Fsp3) is 0.250. The fourth-order valence-electron chi connectivity index (χ4n) is 2.13. The molecule has 1 heterocycles. The molecule has 6 nitrogen and oxygen atoms in total. The summed E-state index contributed by atoms with van der Waals surface area (Å²) in [7, 11) is 0. The van der Waals surface area contributed by atoms with E-state index in [4.69, 9.17) is 9.52 Å². The molecular formula is C16H15F2NO5. The SMILES string of the molecule is Cc1oc(CNC(=O)Cc2ccccc2OC(F)F)cc1C(=O)O. The normalized spacial score (nSPS) is 10.7. The van der Waals surface area contributed by atoms with Crippen molar-refractivity contribution < 1.29 is 32.6 Å². The van der Waals surface area contributed by atoms with Crippen molar-refractivity contribution in [2.24, 2.45) is 0 Å². The van der Waals surface area contributed by atoms with Crippen LogP contribution < -0.4 is 10.1 Å². The van der Waals surface area contributed by atoms with E-state index in [0.717, 1.165) is 0 Å². The van der Waals surface area contributed by atoms with Gasteiger partial charge in [0.25, 0.3) is 0 Å². The first-order valence-electron chi connectivity index (χ1n) is 6.99. The minimum absolute atomic E-state index is 0.00910. The summed E-state index contributed by atoms with van der Waals surface area (Å²) >= 11 is 0. The molecule has 2 N–H and O–H groups in total. The Morgan fingerprint density at radius 2 is 2.04 bits per heavy atom. The van der Waals surface area contributed by atoms with Crippen LogP contribution in [0.3, 0.4) is 0 Å². The van der Waals surface area contributed by atoms with E-state index in [2.05, 4.69) is 10.1 Å². The summed E-state index contributed by atoms with van der Waals surface area (Å²) in [5.74, 6) is -1.10. The second kappa shape index (κ2) is 7.58. The number of halogens is 2. The molecule has 0 aliphatic heterocycles. The molecule has 128 valence electrons. The second-order valence-electron chi connectivity index (χ2n) is 4.93. The van der Waals surface area contributed by atoms with Gasteiger partial charge >= 0.3 is 12.6 Å². The van der Waals surface area contributed by atoms with Gasteiger partial charge in [-0.15, -0.1) is 0 Å². The van der Waals surface area contributed by atoms with E-state index in [-0.39, 0.29) is 35.8 Å². The topological polar surface area (TPSA) is 88.8 Å². The van der Waals surface area contributed by atoms with Crippen molar-refractivity contribution >= 4 is 11.9 Å². The van der Waals surface area contributed by atoms with Gasteiger partial charge in [-0.25, -0.2) is 4.79 Å². The Labute approximate surface area is 136 Å². The lowest BCUT2D eigenvalue weighted by atomic mass is 10.1. The Kier molecular flexibility index (Phi) is 5.51. The highest BCUT2D eigenvalue weighted by molar-refractivity contribution is 5.88. The highest BCUT2D eigenvalue weighted by Crippen LogP contribution is 2.21. The van der Waals surface area contributed by atoms with Crippen LogP contribution in [0, 0.1) is 6.92 Å². The molecule has 0 radical (unpaired) electrons. The van der Waals surface area contributed by atoms with Gasteiger partial charge in [0, 0.05) is 5.56 Å². The summed E-state index contributed by atoms with van der Waals surface area (Å²) in [5, 5.41) is 11.5. The van der Waals surface area contributed by atoms with E-state index >= 15 is 0 Å². The number of amides is 1. The predicted octanol–water partition coefficient (Wildman–Crippen LogP) is 2.75. The number of nitrogens with one attached hydrogen (secondary N) is 1. The smallest absolute Gasteiger partial charge is 0.387 e. The first kappa shape index (κ1) is 17.5. The maximum atomic E-state index is 12.3. The number of carboxylic acid groups (broad SMARTS) is 1. The van der Waals surface area contributed by atoms with Crippen molar-refractivity contribution in [3.63, 3.8) is 0 Å². The second-order valence-corrected chi connectivity index (χ2v) is 4.93. The molecule has 1 aromatic carbocycles. The zero-order chi connectivity index (χ0) is 17.7. The van der Waals surface area contributed by atoms with Crippen LogP contribution in [0.15, 0.2) is 34.7 Å². The minimum atomic E-state index is -2.98. The van der Waals surface area contributed by atoms with E-state index in [1.807, 2.05) is 0 Å². The number of benzene rings is 1. The summed E-state index contributed by atoms with van der Waals surface area (Å²) in [6.45, 7) is -1.48. The number of alkyl halides is 2. The number of rotatable bonds is 7. The van der Waals surface area contributed by atoms with E-state index in [1.54, 1.807) is 6.07 Å². The van der Waals surface area contributed by atoms with Crippen molar-refractivity contribution in [1.82, 2.24) is 5.32 Å². The average Bonchev–Trinajstić information content (AvgIpc) is 2.88. The molecule has 0 unspecified atom stereocenters. The number of aromatic carboxylic acids is 1. The van der Waals surface area contributed by atoms with Crippen LogP contribution >= 0.6 is 0 Å². The lowest BCUT2D eigenvalue weighted by Gasteiger charge is -2.10. The molecule has 1 amide bonds. The van der Waals surface area contributed by atoms with Crippen LogP contribution in [0.1, 0.15) is 27.4 Å². The number of hydrogen-bond donors (Lipinski definition) is 2. The van der Waals surface area contributed by atoms with Gasteiger partial charge in [0.05, 0.1) is 13.0 Å². The Morgan fingerprint density at radius 3 is 2.67 bits per heavy atom. The number of para-hydroxylation sites is 1. The molecule has 0 fully saturated rings. The number of carboxylic acids is 1. The molecule has 8 heteroatoms. The Morgan fingerprint density at radius 1 is 1.33 bits per heavy atom. The van der Waals surface area contributed by atoms with Crippen molar-refractivity contribution in [3.8, 4) is 5.75 Å². The number of aryl methyl sites for hydroxylation is 1. The fourth-order valence-corrected chi connectivity index (χ4v) is 2.13. The largest absolute Gasteiger partial charge is 0.478 e. The van der Waals surface area contributed by atoms with Crippen LogP contribution in [0.4, 0.5) is 8.78 Å². The van der Waals surface area contributed by atoms with Gasteiger partial charge in [0.2, 0.25) is 5.91 Å². The highest BCUT2D eigenvalue weighted by Gasteiger charge is 2.15. The highest BCUT2D eigenvalue weighted by atomic mass is 19.3. The van der Waals surface area contributed by atoms with E-state index in [1.165, 1.54) is 31.2 Å². The third kappa shape index (κ3) is 4.55. The van der Waals surface area contributed by atoms with Gasteiger partial charge in [0.15, 0.2) is 0 Å². The number of furan rings is 1. The third-order valence-electron chi connectivity index (χ3n) is 3.20. The summed E-state index contributed by atoms with van der Waals surface area (Å²) in [6.07, 6.45) is -0.158. The molecule has 0 atom stereocenters. The number of hydrogen-bond acceptors (Lipinski definition) is 4. The number of ether oxygens (including phenoxy) is 1. The van der Waals surface area contributed by atoms with Crippen LogP contribution in [0.5, 0.6) is 5.75 Å². The zero-order valence-corrected chi connectivity index (χ0v) is 12.7.